The number of methoxy groups -OCH3 is 1. The molecule has 3 rings (SSSR count). The van der Waals surface area contributed by atoms with E-state index in [1.807, 2.05) is 36.4 Å². The molecule has 0 saturated heterocycles. The standard InChI is InChI=1S/C17H16N2O2/c1-19-11-14(10-18-19)17(20)8-13-5-3-4-12-6-7-15(21-2)9-16(12)13/h3-7,9-11H,8H2,1-2H3. The van der Waals surface area contributed by atoms with Crippen LogP contribution >= 0.6 is 0 Å². The van der Waals surface area contributed by atoms with E-state index < -0.39 is 0 Å². The van der Waals surface area contributed by atoms with E-state index in [1.165, 1.54) is 0 Å². The number of benzene rings is 2. The highest BCUT2D eigenvalue weighted by Gasteiger charge is 2.11. The van der Waals surface area contributed by atoms with E-state index in [0.29, 0.717) is 12.0 Å². The summed E-state index contributed by atoms with van der Waals surface area (Å²) in [4.78, 5) is 12.3. The molecule has 0 bridgehead atoms. The normalized spacial score (nSPS) is 10.8. The van der Waals surface area contributed by atoms with Gasteiger partial charge in [0.25, 0.3) is 0 Å². The SMILES string of the molecule is COc1ccc2cccc(CC(=O)c3cnn(C)c3)c2c1. The van der Waals surface area contributed by atoms with Crippen LogP contribution in [0, 0.1) is 0 Å². The third-order valence-electron chi connectivity index (χ3n) is 3.56. The van der Waals surface area contributed by atoms with Crippen molar-refractivity contribution in [2.75, 3.05) is 7.11 Å². The molecule has 2 aromatic carbocycles. The van der Waals surface area contributed by atoms with Crippen molar-refractivity contribution in [1.29, 1.82) is 0 Å². The Kier molecular flexibility index (Phi) is 3.44. The maximum Gasteiger partial charge on any atom is 0.170 e. The number of aryl methyl sites for hydroxylation is 1. The van der Waals surface area contributed by atoms with Gasteiger partial charge in [-0.15, -0.1) is 0 Å². The molecule has 3 aromatic rings. The predicted octanol–water partition coefficient (Wildman–Crippen LogP) is 3.01. The number of nitrogens with zero attached hydrogens (tertiary/aromatic N) is 2. The molecule has 0 unspecified atom stereocenters. The summed E-state index contributed by atoms with van der Waals surface area (Å²) in [7, 11) is 3.45. The first-order valence-electron chi connectivity index (χ1n) is 6.75. The molecule has 0 saturated carbocycles. The van der Waals surface area contributed by atoms with Crippen LogP contribution in [0.5, 0.6) is 5.75 Å². The Labute approximate surface area is 123 Å². The van der Waals surface area contributed by atoms with Crippen LogP contribution in [0.15, 0.2) is 48.8 Å². The Bertz CT molecular complexity index is 805. The minimum Gasteiger partial charge on any atom is -0.497 e. The van der Waals surface area contributed by atoms with Crippen molar-refractivity contribution in [3.05, 3.63) is 59.9 Å². The average molecular weight is 280 g/mol. The molecule has 0 aliphatic carbocycles. The van der Waals surface area contributed by atoms with Crippen molar-refractivity contribution >= 4 is 16.6 Å². The van der Waals surface area contributed by atoms with Crippen LogP contribution in [0.1, 0.15) is 15.9 Å². The summed E-state index contributed by atoms with van der Waals surface area (Å²) in [5.41, 5.74) is 1.64. The lowest BCUT2D eigenvalue weighted by Crippen LogP contribution is -2.03. The van der Waals surface area contributed by atoms with Crippen molar-refractivity contribution in [3.63, 3.8) is 0 Å². The zero-order chi connectivity index (χ0) is 14.8. The molecule has 0 radical (unpaired) electrons. The summed E-state index contributed by atoms with van der Waals surface area (Å²) in [6.07, 6.45) is 3.71. The maximum absolute atomic E-state index is 12.3. The molecule has 0 spiro atoms. The fourth-order valence-corrected chi connectivity index (χ4v) is 2.44. The van der Waals surface area contributed by atoms with Crippen molar-refractivity contribution in [2.24, 2.45) is 7.05 Å². The first-order valence-corrected chi connectivity index (χ1v) is 6.75. The van der Waals surface area contributed by atoms with Gasteiger partial charge in [-0.25, -0.2) is 0 Å². The maximum atomic E-state index is 12.3. The molecule has 0 N–H and O–H groups in total. The average Bonchev–Trinajstić information content (AvgIpc) is 2.94. The van der Waals surface area contributed by atoms with Gasteiger partial charge in [-0.2, -0.15) is 5.10 Å². The molecular weight excluding hydrogens is 264 g/mol. The Morgan fingerprint density at radius 1 is 1.29 bits per heavy atom. The molecule has 106 valence electrons. The van der Waals surface area contributed by atoms with Crippen LogP contribution in [0.3, 0.4) is 0 Å². The number of rotatable bonds is 4. The van der Waals surface area contributed by atoms with Gasteiger partial charge in [-0.1, -0.05) is 24.3 Å². The van der Waals surface area contributed by atoms with Gasteiger partial charge in [-0.05, 0) is 28.5 Å². The minimum atomic E-state index is 0.0680. The highest BCUT2D eigenvalue weighted by atomic mass is 16.5. The molecular formula is C17H16N2O2. The van der Waals surface area contributed by atoms with Gasteiger partial charge < -0.3 is 4.74 Å². The third kappa shape index (κ3) is 2.65. The van der Waals surface area contributed by atoms with Gasteiger partial charge in [0.15, 0.2) is 5.78 Å². The summed E-state index contributed by atoms with van der Waals surface area (Å²) in [6.45, 7) is 0. The van der Waals surface area contributed by atoms with E-state index in [0.717, 1.165) is 22.1 Å². The lowest BCUT2D eigenvalue weighted by Gasteiger charge is -2.07. The van der Waals surface area contributed by atoms with Crippen LogP contribution in [0.4, 0.5) is 0 Å². The molecule has 0 aliphatic heterocycles. The summed E-state index contributed by atoms with van der Waals surface area (Å²) in [5.74, 6) is 0.863. The number of hydrogen-bond acceptors (Lipinski definition) is 3. The third-order valence-corrected chi connectivity index (χ3v) is 3.56. The molecule has 1 aromatic heterocycles. The second-order valence-corrected chi connectivity index (χ2v) is 5.01. The molecule has 0 aliphatic rings. The number of ketones is 1. The Morgan fingerprint density at radius 3 is 2.86 bits per heavy atom. The number of carbonyl (C=O) groups excluding carboxylic acids is 1. The van der Waals surface area contributed by atoms with Crippen LogP contribution in [-0.2, 0) is 13.5 Å². The zero-order valence-corrected chi connectivity index (χ0v) is 12.0. The quantitative estimate of drug-likeness (QED) is 0.690. The first kappa shape index (κ1) is 13.4. The first-order chi connectivity index (χ1) is 10.2. The monoisotopic (exact) mass is 280 g/mol. The second kappa shape index (κ2) is 5.40. The van der Waals surface area contributed by atoms with Gasteiger partial charge in [0.2, 0.25) is 0 Å². The van der Waals surface area contributed by atoms with Crippen LogP contribution in [0.25, 0.3) is 10.8 Å². The van der Waals surface area contributed by atoms with Crippen LogP contribution in [0.2, 0.25) is 0 Å². The van der Waals surface area contributed by atoms with Gasteiger partial charge >= 0.3 is 0 Å². The second-order valence-electron chi connectivity index (χ2n) is 5.01. The van der Waals surface area contributed by atoms with Gasteiger partial charge in [0, 0.05) is 19.7 Å². The molecule has 0 atom stereocenters. The highest BCUT2D eigenvalue weighted by molar-refractivity contribution is 6.00. The molecule has 0 fully saturated rings. The number of aromatic nitrogens is 2. The minimum absolute atomic E-state index is 0.0680. The smallest absolute Gasteiger partial charge is 0.170 e. The van der Waals surface area contributed by atoms with E-state index in [9.17, 15) is 4.79 Å². The number of ether oxygens (including phenoxy) is 1. The van der Waals surface area contributed by atoms with Gasteiger partial charge in [0.1, 0.15) is 5.75 Å². The predicted molar refractivity (Wildman–Crippen MR) is 81.7 cm³/mol. The van der Waals surface area contributed by atoms with Crippen molar-refractivity contribution in [3.8, 4) is 5.75 Å². The summed E-state index contributed by atoms with van der Waals surface area (Å²) >= 11 is 0. The Balaban J connectivity index is 1.98. The lowest BCUT2D eigenvalue weighted by molar-refractivity contribution is 0.0993. The number of Topliss-reactive ketones (excluding diaryl/α,β-unsaturated/α-hetero) is 1. The van der Waals surface area contributed by atoms with Crippen LogP contribution < -0.4 is 4.74 Å². The Hall–Kier alpha value is -2.62. The topological polar surface area (TPSA) is 44.1 Å². The Morgan fingerprint density at radius 2 is 2.14 bits per heavy atom. The summed E-state index contributed by atoms with van der Waals surface area (Å²) in [6, 6.07) is 11.9. The van der Waals surface area contributed by atoms with Crippen LogP contribution in [-0.4, -0.2) is 22.7 Å². The largest absolute Gasteiger partial charge is 0.497 e. The van der Waals surface area contributed by atoms with Crippen molar-refractivity contribution < 1.29 is 9.53 Å². The van der Waals surface area contributed by atoms with Crippen molar-refractivity contribution in [2.45, 2.75) is 6.42 Å². The number of carbonyl (C=O) groups is 1. The van der Waals surface area contributed by atoms with E-state index in [-0.39, 0.29) is 5.78 Å². The highest BCUT2D eigenvalue weighted by Crippen LogP contribution is 2.25. The van der Waals surface area contributed by atoms with E-state index in [1.54, 1.807) is 31.2 Å². The molecule has 0 amide bonds. The number of fused-ring (bicyclic) bond motifs is 1. The number of hydrogen-bond donors (Lipinski definition) is 0. The van der Waals surface area contributed by atoms with E-state index in [4.69, 9.17) is 4.74 Å². The van der Waals surface area contributed by atoms with Crippen molar-refractivity contribution in [1.82, 2.24) is 9.78 Å². The molecule has 1 heterocycles. The summed E-state index contributed by atoms with van der Waals surface area (Å²) < 4.78 is 6.91. The van der Waals surface area contributed by atoms with E-state index >= 15 is 0 Å². The fraction of sp³-hybridized carbons (Fsp3) is 0.176. The molecule has 21 heavy (non-hydrogen) atoms. The van der Waals surface area contributed by atoms with E-state index in [2.05, 4.69) is 5.10 Å². The molecule has 4 heteroatoms. The van der Waals surface area contributed by atoms with Gasteiger partial charge in [0.05, 0.1) is 18.9 Å². The zero-order valence-electron chi connectivity index (χ0n) is 12.0. The summed E-state index contributed by atoms with van der Waals surface area (Å²) in [5, 5.41) is 6.20. The van der Waals surface area contributed by atoms with Gasteiger partial charge in [-0.3, -0.25) is 9.48 Å². The fourth-order valence-electron chi connectivity index (χ4n) is 2.44. The molecule has 4 nitrogen and oxygen atoms in total. The lowest BCUT2D eigenvalue weighted by atomic mass is 9.98.